The fourth-order valence-electron chi connectivity index (χ4n) is 2.49. The molecule has 25 heavy (non-hydrogen) atoms. The van der Waals surface area contributed by atoms with Gasteiger partial charge in [-0.25, -0.2) is 4.79 Å². The number of methoxy groups -OCH3 is 1. The molecule has 1 heterocycles. The summed E-state index contributed by atoms with van der Waals surface area (Å²) in [5.41, 5.74) is 2.94. The monoisotopic (exact) mass is 376 g/mol. The molecule has 0 aliphatic rings. The predicted molar refractivity (Wildman–Crippen MR) is 109 cm³/mol. The van der Waals surface area contributed by atoms with Gasteiger partial charge in [-0.2, -0.15) is 0 Å². The lowest BCUT2D eigenvalue weighted by atomic mass is 10.0. The van der Waals surface area contributed by atoms with E-state index in [9.17, 15) is 4.79 Å². The number of thiocarbonyl (C=S) groups is 1. The molecule has 0 amide bonds. The average molecular weight is 377 g/mol. The maximum atomic E-state index is 12.0. The number of ether oxygens (including phenoxy) is 1. The van der Waals surface area contributed by atoms with Crippen LogP contribution in [0.15, 0.2) is 30.3 Å². The Kier molecular flexibility index (Phi) is 6.96. The Hall–Kier alpha value is -1.92. The number of anilines is 1. The Labute approximate surface area is 158 Å². The first-order valence-corrected chi connectivity index (χ1v) is 9.56. The zero-order valence-corrected chi connectivity index (χ0v) is 16.6. The second kappa shape index (κ2) is 8.97. The van der Waals surface area contributed by atoms with E-state index in [1.807, 2.05) is 6.07 Å². The molecule has 0 fully saturated rings. The highest BCUT2D eigenvalue weighted by molar-refractivity contribution is 7.80. The van der Waals surface area contributed by atoms with Gasteiger partial charge in [0.05, 0.1) is 18.7 Å². The normalized spacial score (nSPS) is 11.7. The topological polar surface area (TPSA) is 50.4 Å². The van der Waals surface area contributed by atoms with Crippen molar-refractivity contribution in [2.75, 3.05) is 12.4 Å². The molecule has 134 valence electrons. The van der Waals surface area contributed by atoms with Crippen LogP contribution in [-0.2, 0) is 11.2 Å². The van der Waals surface area contributed by atoms with E-state index in [2.05, 4.69) is 55.7 Å². The molecule has 0 aliphatic heterocycles. The molecule has 4 nitrogen and oxygen atoms in total. The van der Waals surface area contributed by atoms with Gasteiger partial charge in [0.2, 0.25) is 0 Å². The van der Waals surface area contributed by atoms with Crippen molar-refractivity contribution < 1.29 is 9.53 Å². The third kappa shape index (κ3) is 5.03. The molecule has 6 heteroatoms. The number of thiophene rings is 1. The van der Waals surface area contributed by atoms with Crippen molar-refractivity contribution in [3.8, 4) is 0 Å². The molecule has 1 aromatic heterocycles. The molecule has 2 N–H and O–H groups in total. The van der Waals surface area contributed by atoms with Gasteiger partial charge in [-0.15, -0.1) is 11.3 Å². The number of carbonyl (C=O) groups excluding carboxylic acids is 1. The van der Waals surface area contributed by atoms with E-state index in [-0.39, 0.29) is 12.0 Å². The van der Waals surface area contributed by atoms with E-state index in [1.54, 1.807) is 0 Å². The number of aryl methyl sites for hydroxylation is 2. The largest absolute Gasteiger partial charge is 0.465 e. The molecule has 1 aromatic carbocycles. The zero-order chi connectivity index (χ0) is 18.4. The molecular weight excluding hydrogens is 352 g/mol. The van der Waals surface area contributed by atoms with Crippen molar-refractivity contribution >= 4 is 39.6 Å². The second-order valence-corrected chi connectivity index (χ2v) is 7.32. The smallest absolute Gasteiger partial charge is 0.340 e. The molecule has 2 rings (SSSR count). The second-order valence-electron chi connectivity index (χ2n) is 5.77. The average Bonchev–Trinajstić information content (AvgIpc) is 3.02. The summed E-state index contributed by atoms with van der Waals surface area (Å²) in [6.45, 7) is 6.24. The quantitative estimate of drug-likeness (QED) is 0.558. The van der Waals surface area contributed by atoms with Crippen LogP contribution in [0.5, 0.6) is 0 Å². The summed E-state index contributed by atoms with van der Waals surface area (Å²) in [7, 11) is 1.39. The van der Waals surface area contributed by atoms with E-state index in [4.69, 9.17) is 17.0 Å². The Morgan fingerprint density at radius 1 is 1.28 bits per heavy atom. The molecule has 2 aromatic rings. The van der Waals surface area contributed by atoms with Gasteiger partial charge < -0.3 is 15.4 Å². The fourth-order valence-corrected chi connectivity index (χ4v) is 3.79. The molecule has 0 bridgehead atoms. The van der Waals surface area contributed by atoms with Gasteiger partial charge in [-0.05, 0) is 43.6 Å². The number of carbonyl (C=O) groups is 1. The molecule has 1 atom stereocenters. The summed E-state index contributed by atoms with van der Waals surface area (Å²) in [6, 6.07) is 10.4. The third-order valence-corrected chi connectivity index (χ3v) is 5.37. The fraction of sp³-hybridized carbons (Fsp3) is 0.368. The number of esters is 1. The molecule has 0 radical (unpaired) electrons. The van der Waals surface area contributed by atoms with E-state index in [1.165, 1.54) is 29.6 Å². The van der Waals surface area contributed by atoms with E-state index in [0.717, 1.165) is 22.7 Å². The van der Waals surface area contributed by atoms with Crippen LogP contribution in [-0.4, -0.2) is 18.2 Å². The van der Waals surface area contributed by atoms with E-state index < -0.39 is 0 Å². The van der Waals surface area contributed by atoms with Gasteiger partial charge >= 0.3 is 5.97 Å². The lowest BCUT2D eigenvalue weighted by Gasteiger charge is -2.20. The summed E-state index contributed by atoms with van der Waals surface area (Å²) in [4.78, 5) is 13.1. The van der Waals surface area contributed by atoms with Crippen molar-refractivity contribution in [1.29, 1.82) is 0 Å². The van der Waals surface area contributed by atoms with Crippen molar-refractivity contribution in [3.63, 3.8) is 0 Å². The SMILES string of the molecule is CCc1cc(C(=O)OC)c(NC(=S)NC(CC)c2ccc(C)cc2)s1. The molecular formula is C19H24N2O2S2. The Balaban J connectivity index is 2.12. The van der Waals surface area contributed by atoms with Crippen LogP contribution < -0.4 is 10.6 Å². The first kappa shape index (κ1) is 19.4. The van der Waals surface area contributed by atoms with Crippen molar-refractivity contribution in [2.45, 2.75) is 39.7 Å². The lowest BCUT2D eigenvalue weighted by molar-refractivity contribution is 0.0602. The molecule has 1 unspecified atom stereocenters. The number of rotatable bonds is 6. The van der Waals surface area contributed by atoms with Crippen molar-refractivity contribution in [1.82, 2.24) is 5.32 Å². The molecule has 0 spiro atoms. The summed E-state index contributed by atoms with van der Waals surface area (Å²) in [5, 5.41) is 7.73. The summed E-state index contributed by atoms with van der Waals surface area (Å²) in [5.74, 6) is -0.355. The third-order valence-electron chi connectivity index (χ3n) is 3.96. The van der Waals surface area contributed by atoms with E-state index >= 15 is 0 Å². The van der Waals surface area contributed by atoms with Crippen LogP contribution in [0, 0.1) is 6.92 Å². The van der Waals surface area contributed by atoms with Crippen LogP contribution in [0.2, 0.25) is 0 Å². The van der Waals surface area contributed by atoms with Gasteiger partial charge in [0, 0.05) is 4.88 Å². The minimum atomic E-state index is -0.355. The van der Waals surface area contributed by atoms with Crippen LogP contribution in [0.3, 0.4) is 0 Å². The van der Waals surface area contributed by atoms with Crippen LogP contribution in [0.4, 0.5) is 5.00 Å². The molecule has 0 saturated carbocycles. The summed E-state index contributed by atoms with van der Waals surface area (Å²) < 4.78 is 4.86. The number of hydrogen-bond acceptors (Lipinski definition) is 4. The Morgan fingerprint density at radius 2 is 1.96 bits per heavy atom. The first-order valence-electron chi connectivity index (χ1n) is 8.33. The maximum absolute atomic E-state index is 12.0. The predicted octanol–water partition coefficient (Wildman–Crippen LogP) is 4.84. The van der Waals surface area contributed by atoms with Crippen molar-refractivity contribution in [3.05, 3.63) is 51.9 Å². The molecule has 0 aliphatic carbocycles. The van der Waals surface area contributed by atoms with Gasteiger partial charge in [0.15, 0.2) is 5.11 Å². The minimum absolute atomic E-state index is 0.118. The van der Waals surface area contributed by atoms with Gasteiger partial charge in [-0.3, -0.25) is 0 Å². The summed E-state index contributed by atoms with van der Waals surface area (Å²) in [6.07, 6.45) is 1.76. The van der Waals surface area contributed by atoms with Gasteiger partial charge in [-0.1, -0.05) is 43.7 Å². The zero-order valence-electron chi connectivity index (χ0n) is 15.0. The standard InChI is InChI=1S/C19H24N2O2S2/c1-5-14-11-15(18(22)23-4)17(25-14)21-19(24)20-16(6-2)13-9-7-12(3)8-10-13/h7-11,16H,5-6H2,1-4H3,(H2,20,21,24). The Morgan fingerprint density at radius 3 is 2.52 bits per heavy atom. The number of nitrogens with one attached hydrogen (secondary N) is 2. The maximum Gasteiger partial charge on any atom is 0.340 e. The van der Waals surface area contributed by atoms with Crippen LogP contribution in [0.1, 0.15) is 52.7 Å². The van der Waals surface area contributed by atoms with Crippen LogP contribution >= 0.6 is 23.6 Å². The van der Waals surface area contributed by atoms with Gasteiger partial charge in [0.25, 0.3) is 0 Å². The number of hydrogen-bond donors (Lipinski definition) is 2. The first-order chi connectivity index (χ1) is 12.0. The van der Waals surface area contributed by atoms with Gasteiger partial charge in [0.1, 0.15) is 5.00 Å². The highest BCUT2D eigenvalue weighted by Crippen LogP contribution is 2.29. The summed E-state index contributed by atoms with van der Waals surface area (Å²) >= 11 is 6.99. The van der Waals surface area contributed by atoms with Crippen molar-refractivity contribution in [2.24, 2.45) is 0 Å². The highest BCUT2D eigenvalue weighted by atomic mass is 32.1. The Bertz CT molecular complexity index is 738. The van der Waals surface area contributed by atoms with E-state index in [0.29, 0.717) is 10.7 Å². The van der Waals surface area contributed by atoms with Crippen LogP contribution in [0.25, 0.3) is 0 Å². The minimum Gasteiger partial charge on any atom is -0.465 e. The number of benzene rings is 1. The molecule has 0 saturated heterocycles. The lowest BCUT2D eigenvalue weighted by Crippen LogP contribution is -2.32. The highest BCUT2D eigenvalue weighted by Gasteiger charge is 2.18.